The van der Waals surface area contributed by atoms with Gasteiger partial charge in [0.05, 0.1) is 43.9 Å². The number of nitrogens with one attached hydrogen (secondary N) is 4. The Morgan fingerprint density at radius 1 is 0.586 bits per heavy atom. The standard InChI is InChI=1S/C23H19F3N4O4S.C23H19F3N4O3S.CH4/c1-12-8-18(29-35(33,34)15-5-4-13(2)17(9-15)23(24,25)26)20(28-10-12)21(31)19-14(3)11-30(32)22-16(19)6-7-27-22;1-12-8-18(30-34(32,33)15-5-4-13(2)17(9-15)23(24,25)26)20(28-10-12)21(31)19-14(3)11-29-22-16(19)6-7-27-22;/h4-11,32H,1-3H3,(H,29,31);4-11,30H,1-3H3,(H,27,29);1H4/p+1. The lowest BCUT2D eigenvalue weighted by Crippen LogP contribution is -2.32. The molecule has 0 spiro atoms. The van der Waals surface area contributed by atoms with Gasteiger partial charge in [-0.3, -0.25) is 29.0 Å². The molecule has 0 saturated carbocycles. The lowest BCUT2D eigenvalue weighted by atomic mass is 10.00. The molecule has 0 aliphatic carbocycles. The molecule has 8 rings (SSSR count). The first-order chi connectivity index (χ1) is 32.2. The number of ketones is 2. The molecule has 0 bridgehead atoms. The quantitative estimate of drug-likeness (QED) is 0.0378. The minimum absolute atomic E-state index is 0. The molecule has 70 heavy (non-hydrogen) atoms. The Hall–Kier alpha value is -7.66. The van der Waals surface area contributed by atoms with Crippen LogP contribution in [0.1, 0.15) is 84.0 Å². The Kier molecular flexibility index (Phi) is 14.1. The van der Waals surface area contributed by atoms with Crippen LogP contribution in [0.25, 0.3) is 22.1 Å². The van der Waals surface area contributed by atoms with Crippen LogP contribution >= 0.6 is 0 Å². The van der Waals surface area contributed by atoms with Gasteiger partial charge >= 0.3 is 18.0 Å². The number of alkyl halides is 6. The van der Waals surface area contributed by atoms with Gasteiger partial charge < -0.3 is 10.2 Å². The topological polar surface area (TPSA) is 221 Å². The molecule has 15 nitrogen and oxygen atoms in total. The van der Waals surface area contributed by atoms with E-state index in [1.807, 2.05) is 0 Å². The number of hydrogen-bond donors (Lipinski definition) is 5. The zero-order valence-electron chi connectivity index (χ0n) is 37.0. The van der Waals surface area contributed by atoms with Crippen molar-refractivity contribution in [1.82, 2.24) is 24.9 Å². The fourth-order valence-electron chi connectivity index (χ4n) is 7.43. The zero-order chi connectivity index (χ0) is 50.5. The summed E-state index contributed by atoms with van der Waals surface area (Å²) in [5, 5.41) is 11.0. The Balaban J connectivity index is 0.000000226. The average Bonchev–Trinajstić information content (AvgIpc) is 3.94. The van der Waals surface area contributed by atoms with E-state index in [1.54, 1.807) is 46.0 Å². The lowest BCUT2D eigenvalue weighted by Gasteiger charge is -2.15. The van der Waals surface area contributed by atoms with Gasteiger partial charge in [-0.1, -0.05) is 24.3 Å². The molecule has 2 aromatic carbocycles. The Bertz CT molecular complexity index is 3610. The van der Waals surface area contributed by atoms with Crippen molar-refractivity contribution in [3.05, 3.63) is 165 Å². The maximum absolute atomic E-state index is 13.5. The number of hydrogen-bond acceptors (Lipinski definition) is 10. The maximum Gasteiger partial charge on any atom is 0.416 e. The summed E-state index contributed by atoms with van der Waals surface area (Å²) in [7, 11) is -8.98. The number of aryl methyl sites for hydroxylation is 6. The van der Waals surface area contributed by atoms with Gasteiger partial charge in [-0.05, 0) is 118 Å². The smallest absolute Gasteiger partial charge is 0.350 e. The van der Waals surface area contributed by atoms with Crippen molar-refractivity contribution in [3.8, 4) is 0 Å². The monoisotopic (exact) mass is 1010 g/mol. The van der Waals surface area contributed by atoms with E-state index in [-0.39, 0.29) is 58.1 Å². The molecule has 0 atom stereocenters. The molecule has 0 aliphatic heterocycles. The van der Waals surface area contributed by atoms with E-state index in [1.165, 1.54) is 57.0 Å². The van der Waals surface area contributed by atoms with Gasteiger partial charge in [0, 0.05) is 46.9 Å². The number of halogens is 6. The van der Waals surface area contributed by atoms with Gasteiger partial charge in [-0.2, -0.15) is 26.3 Å². The molecular formula is C47H43F6N8O7S2+. The molecule has 0 fully saturated rings. The van der Waals surface area contributed by atoms with Crippen LogP contribution in [0.4, 0.5) is 37.7 Å². The normalized spacial score (nSPS) is 12.0. The first-order valence-electron chi connectivity index (χ1n) is 20.3. The predicted octanol–water partition coefficient (Wildman–Crippen LogP) is 9.63. The average molecular weight is 1010 g/mol. The van der Waals surface area contributed by atoms with Crippen molar-refractivity contribution in [2.24, 2.45) is 0 Å². The molecule has 6 heterocycles. The Labute approximate surface area is 396 Å². The number of anilines is 2. The Morgan fingerprint density at radius 2 is 1.03 bits per heavy atom. The Morgan fingerprint density at radius 3 is 1.50 bits per heavy atom. The summed E-state index contributed by atoms with van der Waals surface area (Å²) >= 11 is 0. The number of aromatic amines is 2. The molecular weight excluding hydrogens is 967 g/mol. The molecule has 0 radical (unpaired) electrons. The number of pyridine rings is 4. The molecule has 5 N–H and O–H groups in total. The van der Waals surface area contributed by atoms with Crippen LogP contribution in [-0.2, 0) is 32.4 Å². The summed E-state index contributed by atoms with van der Waals surface area (Å²) < 4.78 is 137. The van der Waals surface area contributed by atoms with Crippen LogP contribution in [0.3, 0.4) is 0 Å². The van der Waals surface area contributed by atoms with Crippen molar-refractivity contribution < 1.29 is 62.7 Å². The fraction of sp³-hybridized carbons (Fsp3) is 0.191. The summed E-state index contributed by atoms with van der Waals surface area (Å²) in [5.41, 5.74) is 0.0778. The number of aromatic nitrogens is 6. The summed E-state index contributed by atoms with van der Waals surface area (Å²) in [6.07, 6.45) is -0.712. The van der Waals surface area contributed by atoms with Crippen LogP contribution in [0.15, 0.2) is 108 Å². The summed E-state index contributed by atoms with van der Waals surface area (Å²) in [4.78, 5) is 44.0. The first kappa shape index (κ1) is 51.7. The number of sulfonamides is 2. The van der Waals surface area contributed by atoms with Crippen molar-refractivity contribution in [2.75, 3.05) is 9.44 Å². The SMILES string of the molecule is C.Cc1cnc(C(=O)c2c(C)c[n+](O)c3[nH]ccc23)c(NS(=O)(=O)c2ccc(C)c(C(F)(F)F)c2)c1.Cc1cnc(C(=O)c2c(C)cnc3[nH]ccc23)c(NS(=O)(=O)c2ccc(C)c(C(F)(F)F)c2)c1. The highest BCUT2D eigenvalue weighted by Gasteiger charge is 2.36. The highest BCUT2D eigenvalue weighted by atomic mass is 32.2. The molecule has 0 unspecified atom stereocenters. The van der Waals surface area contributed by atoms with Gasteiger partial charge in [0.25, 0.3) is 20.0 Å². The summed E-state index contributed by atoms with van der Waals surface area (Å²) in [6, 6.07) is 11.4. The molecule has 0 saturated heterocycles. The van der Waals surface area contributed by atoms with E-state index in [4.69, 9.17) is 0 Å². The molecule has 6 aromatic heterocycles. The molecule has 23 heteroatoms. The fourth-order valence-corrected chi connectivity index (χ4v) is 9.60. The van der Waals surface area contributed by atoms with Crippen molar-refractivity contribution in [3.63, 3.8) is 0 Å². The van der Waals surface area contributed by atoms with Gasteiger partial charge in [0.2, 0.25) is 11.6 Å². The first-order valence-corrected chi connectivity index (χ1v) is 23.2. The second-order valence-corrected chi connectivity index (χ2v) is 19.3. The van der Waals surface area contributed by atoms with E-state index in [0.29, 0.717) is 50.8 Å². The highest BCUT2D eigenvalue weighted by molar-refractivity contribution is 7.93. The van der Waals surface area contributed by atoms with Gasteiger partial charge in [0.15, 0.2) is 0 Å². The van der Waals surface area contributed by atoms with E-state index in [0.717, 1.165) is 29.0 Å². The number of carbonyl (C=O) groups is 2. The molecule has 0 amide bonds. The molecule has 8 aromatic rings. The van der Waals surface area contributed by atoms with Crippen LogP contribution in [-0.4, -0.2) is 58.5 Å². The van der Waals surface area contributed by atoms with Crippen molar-refractivity contribution in [1.29, 1.82) is 0 Å². The third kappa shape index (κ3) is 10.3. The lowest BCUT2D eigenvalue weighted by molar-refractivity contribution is -0.886. The van der Waals surface area contributed by atoms with Crippen LogP contribution < -0.4 is 14.2 Å². The predicted molar refractivity (Wildman–Crippen MR) is 247 cm³/mol. The molecule has 0 aliphatic rings. The number of H-pyrrole nitrogens is 2. The molecule has 366 valence electrons. The maximum atomic E-state index is 13.5. The summed E-state index contributed by atoms with van der Waals surface area (Å²) in [5.74, 6) is -1.19. The van der Waals surface area contributed by atoms with Crippen LogP contribution in [0.2, 0.25) is 0 Å². The van der Waals surface area contributed by atoms with Gasteiger partial charge in [0.1, 0.15) is 23.2 Å². The van der Waals surface area contributed by atoms with E-state index >= 15 is 0 Å². The second-order valence-electron chi connectivity index (χ2n) is 16.0. The van der Waals surface area contributed by atoms with Gasteiger partial charge in [-0.25, -0.2) is 26.8 Å². The number of nitrogens with zero attached hydrogens (tertiary/aromatic N) is 4. The third-order valence-corrected chi connectivity index (χ3v) is 13.5. The number of rotatable bonds is 10. The highest BCUT2D eigenvalue weighted by Crippen LogP contribution is 2.36. The van der Waals surface area contributed by atoms with E-state index in [9.17, 15) is 58.0 Å². The zero-order valence-corrected chi connectivity index (χ0v) is 38.6. The van der Waals surface area contributed by atoms with E-state index in [2.05, 4.69) is 34.4 Å². The van der Waals surface area contributed by atoms with Crippen molar-refractivity contribution >= 4 is 65.1 Å². The minimum Gasteiger partial charge on any atom is -0.350 e. The van der Waals surface area contributed by atoms with Crippen LogP contribution in [0, 0.1) is 41.5 Å². The van der Waals surface area contributed by atoms with E-state index < -0.39 is 64.9 Å². The number of benzene rings is 2. The largest absolute Gasteiger partial charge is 0.416 e. The van der Waals surface area contributed by atoms with Crippen molar-refractivity contribution in [2.45, 2.75) is 71.1 Å². The summed E-state index contributed by atoms with van der Waals surface area (Å²) in [6.45, 7) is 9.03. The number of fused-ring (bicyclic) bond motifs is 2. The van der Waals surface area contributed by atoms with Gasteiger partial charge in [-0.15, -0.1) is 0 Å². The number of carbonyl (C=O) groups excluding carboxylic acids is 2. The minimum atomic E-state index is -4.74. The van der Waals surface area contributed by atoms with Crippen LogP contribution in [0.5, 0.6) is 0 Å². The second kappa shape index (κ2) is 19.0. The third-order valence-electron chi connectivity index (χ3n) is 10.8.